The number of guanidine groups is 1. The normalized spacial score (nSPS) is 20.4. The van der Waals surface area contributed by atoms with Gasteiger partial charge in [-0.15, -0.1) is 0 Å². The van der Waals surface area contributed by atoms with Gasteiger partial charge in [-0.3, -0.25) is 9.79 Å². The summed E-state index contributed by atoms with van der Waals surface area (Å²) in [6.07, 6.45) is 3.00. The van der Waals surface area contributed by atoms with Gasteiger partial charge in [0.1, 0.15) is 0 Å². The minimum atomic E-state index is -0.101. The molecule has 2 rings (SSSR count). The van der Waals surface area contributed by atoms with Gasteiger partial charge in [-0.1, -0.05) is 15.9 Å². The maximum atomic E-state index is 12.0. The van der Waals surface area contributed by atoms with Crippen LogP contribution in [0.2, 0.25) is 0 Å². The van der Waals surface area contributed by atoms with Crippen LogP contribution in [0.5, 0.6) is 0 Å². The summed E-state index contributed by atoms with van der Waals surface area (Å²) >= 11 is 3.36. The third kappa shape index (κ3) is 6.66. The molecular formula is C18H27BrN4O2. The van der Waals surface area contributed by atoms with Crippen LogP contribution in [0.3, 0.4) is 0 Å². The molecule has 0 aliphatic carbocycles. The van der Waals surface area contributed by atoms with Crippen LogP contribution in [-0.2, 0) is 4.74 Å². The second-order valence-corrected chi connectivity index (χ2v) is 7.29. The van der Waals surface area contributed by atoms with Gasteiger partial charge in [0, 0.05) is 43.3 Å². The van der Waals surface area contributed by atoms with Crippen molar-refractivity contribution in [1.82, 2.24) is 16.0 Å². The molecule has 7 heteroatoms. The largest absolute Gasteiger partial charge is 0.373 e. The molecule has 1 aliphatic heterocycles. The number of amides is 1. The average molecular weight is 411 g/mol. The van der Waals surface area contributed by atoms with E-state index < -0.39 is 0 Å². The molecule has 1 aliphatic rings. The van der Waals surface area contributed by atoms with E-state index in [9.17, 15) is 4.79 Å². The molecule has 1 amide bonds. The Morgan fingerprint density at radius 3 is 2.60 bits per heavy atom. The third-order valence-corrected chi connectivity index (χ3v) is 4.72. The summed E-state index contributed by atoms with van der Waals surface area (Å²) in [6.45, 7) is 5.05. The van der Waals surface area contributed by atoms with E-state index in [1.807, 2.05) is 12.1 Å². The van der Waals surface area contributed by atoms with Crippen molar-refractivity contribution in [2.24, 2.45) is 4.99 Å². The van der Waals surface area contributed by atoms with Crippen molar-refractivity contribution in [2.45, 2.75) is 31.8 Å². The molecule has 25 heavy (non-hydrogen) atoms. The fraction of sp³-hybridized carbons (Fsp3) is 0.556. The minimum Gasteiger partial charge on any atom is -0.373 e. The summed E-state index contributed by atoms with van der Waals surface area (Å²) in [6, 6.07) is 7.32. The molecule has 138 valence electrons. The number of nitrogens with one attached hydrogen (secondary N) is 3. The topological polar surface area (TPSA) is 74.8 Å². The minimum absolute atomic E-state index is 0.0543. The molecule has 0 radical (unpaired) electrons. The van der Waals surface area contributed by atoms with Crippen molar-refractivity contribution in [1.29, 1.82) is 0 Å². The molecule has 1 aromatic carbocycles. The van der Waals surface area contributed by atoms with Gasteiger partial charge in [0.2, 0.25) is 0 Å². The second kappa shape index (κ2) is 9.77. The SMILES string of the molecule is CN=C(NCCCNC(=O)c1ccc(Br)cc1)NCC1(C)CCCO1. The van der Waals surface area contributed by atoms with Crippen LogP contribution in [0.4, 0.5) is 0 Å². The van der Waals surface area contributed by atoms with Gasteiger partial charge in [-0.05, 0) is 50.5 Å². The van der Waals surface area contributed by atoms with Crippen LogP contribution in [0.25, 0.3) is 0 Å². The summed E-state index contributed by atoms with van der Waals surface area (Å²) in [7, 11) is 1.75. The van der Waals surface area contributed by atoms with Gasteiger partial charge in [0.25, 0.3) is 5.91 Å². The Morgan fingerprint density at radius 2 is 1.96 bits per heavy atom. The Kier molecular flexibility index (Phi) is 7.71. The number of halogens is 1. The van der Waals surface area contributed by atoms with Gasteiger partial charge in [0.05, 0.1) is 5.60 Å². The number of carbonyl (C=O) groups excluding carboxylic acids is 1. The fourth-order valence-electron chi connectivity index (χ4n) is 2.67. The Bertz CT molecular complexity index is 583. The number of hydrogen-bond donors (Lipinski definition) is 3. The number of benzene rings is 1. The van der Waals surface area contributed by atoms with Gasteiger partial charge in [-0.2, -0.15) is 0 Å². The summed E-state index contributed by atoms with van der Waals surface area (Å²) < 4.78 is 6.72. The molecule has 1 heterocycles. The first-order valence-corrected chi connectivity index (χ1v) is 9.44. The highest BCUT2D eigenvalue weighted by Crippen LogP contribution is 2.23. The Labute approximate surface area is 157 Å². The lowest BCUT2D eigenvalue weighted by molar-refractivity contribution is 0.0243. The maximum absolute atomic E-state index is 12.0. The standard InChI is InChI=1S/C18H27BrN4O2/c1-18(9-3-12-25-18)13-23-17(20-2)22-11-4-10-21-16(24)14-5-7-15(19)8-6-14/h5-8H,3-4,9-13H2,1-2H3,(H,21,24)(H2,20,22,23). The van der Waals surface area contributed by atoms with Gasteiger partial charge >= 0.3 is 0 Å². The van der Waals surface area contributed by atoms with Gasteiger partial charge in [-0.25, -0.2) is 0 Å². The van der Waals surface area contributed by atoms with E-state index in [2.05, 4.69) is 43.8 Å². The van der Waals surface area contributed by atoms with Crippen molar-refractivity contribution >= 4 is 27.8 Å². The lowest BCUT2D eigenvalue weighted by Crippen LogP contribution is -2.46. The predicted molar refractivity (Wildman–Crippen MR) is 104 cm³/mol. The lowest BCUT2D eigenvalue weighted by atomic mass is 10.0. The predicted octanol–water partition coefficient (Wildman–Crippen LogP) is 2.30. The average Bonchev–Trinajstić information content (AvgIpc) is 3.04. The Balaban J connectivity index is 1.61. The molecule has 3 N–H and O–H groups in total. The van der Waals surface area contributed by atoms with Gasteiger partial charge in [0.15, 0.2) is 5.96 Å². The van der Waals surface area contributed by atoms with E-state index in [0.717, 1.165) is 49.4 Å². The van der Waals surface area contributed by atoms with E-state index in [1.54, 1.807) is 19.2 Å². The van der Waals surface area contributed by atoms with E-state index in [0.29, 0.717) is 12.1 Å². The second-order valence-electron chi connectivity index (χ2n) is 6.37. The highest BCUT2D eigenvalue weighted by atomic mass is 79.9. The number of ether oxygens (including phenoxy) is 1. The summed E-state index contributed by atoms with van der Waals surface area (Å²) in [5.74, 6) is 0.706. The fourth-order valence-corrected chi connectivity index (χ4v) is 2.93. The molecule has 1 atom stereocenters. The molecule has 0 aromatic heterocycles. The molecule has 0 bridgehead atoms. The molecule has 1 fully saturated rings. The van der Waals surface area contributed by atoms with Crippen LogP contribution >= 0.6 is 15.9 Å². The first kappa shape index (κ1) is 19.7. The number of rotatable bonds is 7. The summed E-state index contributed by atoms with van der Waals surface area (Å²) in [4.78, 5) is 16.2. The number of nitrogens with zero attached hydrogens (tertiary/aromatic N) is 1. The zero-order chi connectivity index (χ0) is 18.1. The van der Waals surface area contributed by atoms with Crippen LogP contribution < -0.4 is 16.0 Å². The Hall–Kier alpha value is -1.60. The number of hydrogen-bond acceptors (Lipinski definition) is 3. The molecule has 1 saturated heterocycles. The highest BCUT2D eigenvalue weighted by Gasteiger charge is 2.29. The summed E-state index contributed by atoms with van der Waals surface area (Å²) in [5, 5.41) is 9.48. The third-order valence-electron chi connectivity index (χ3n) is 4.19. The number of carbonyl (C=O) groups is 1. The van der Waals surface area contributed by atoms with E-state index in [1.165, 1.54) is 0 Å². The maximum Gasteiger partial charge on any atom is 0.251 e. The van der Waals surface area contributed by atoms with Crippen LogP contribution in [0.1, 0.15) is 36.5 Å². The monoisotopic (exact) mass is 410 g/mol. The quantitative estimate of drug-likeness (QED) is 0.366. The van der Waals surface area contributed by atoms with Crippen LogP contribution in [0.15, 0.2) is 33.7 Å². The van der Waals surface area contributed by atoms with Crippen molar-refractivity contribution < 1.29 is 9.53 Å². The van der Waals surface area contributed by atoms with Crippen LogP contribution in [0, 0.1) is 0 Å². The van der Waals surface area contributed by atoms with E-state index >= 15 is 0 Å². The van der Waals surface area contributed by atoms with Crippen LogP contribution in [-0.4, -0.2) is 50.8 Å². The smallest absolute Gasteiger partial charge is 0.251 e. The first-order valence-electron chi connectivity index (χ1n) is 8.65. The molecule has 6 nitrogen and oxygen atoms in total. The van der Waals surface area contributed by atoms with Crippen molar-refractivity contribution in [3.8, 4) is 0 Å². The molecule has 0 saturated carbocycles. The zero-order valence-corrected chi connectivity index (χ0v) is 16.5. The molecule has 0 spiro atoms. The highest BCUT2D eigenvalue weighted by molar-refractivity contribution is 9.10. The number of aliphatic imine (C=N–C) groups is 1. The first-order chi connectivity index (χ1) is 12.0. The summed E-state index contributed by atoms with van der Waals surface area (Å²) in [5.41, 5.74) is 0.564. The zero-order valence-electron chi connectivity index (χ0n) is 14.9. The van der Waals surface area contributed by atoms with Crippen molar-refractivity contribution in [2.75, 3.05) is 33.3 Å². The van der Waals surface area contributed by atoms with E-state index in [-0.39, 0.29) is 11.5 Å². The van der Waals surface area contributed by atoms with Crippen molar-refractivity contribution in [3.63, 3.8) is 0 Å². The molecule has 1 aromatic rings. The molecular weight excluding hydrogens is 384 g/mol. The Morgan fingerprint density at radius 1 is 1.24 bits per heavy atom. The molecule has 1 unspecified atom stereocenters. The van der Waals surface area contributed by atoms with E-state index in [4.69, 9.17) is 4.74 Å². The lowest BCUT2D eigenvalue weighted by Gasteiger charge is -2.24. The van der Waals surface area contributed by atoms with Gasteiger partial charge < -0.3 is 20.7 Å². The van der Waals surface area contributed by atoms with Crippen molar-refractivity contribution in [3.05, 3.63) is 34.3 Å².